The second-order valence-corrected chi connectivity index (χ2v) is 7.17. The third-order valence-corrected chi connectivity index (χ3v) is 5.81. The molecule has 3 heteroatoms. The lowest BCUT2D eigenvalue weighted by atomic mass is 9.49. The molecule has 0 radical (unpaired) electrons. The quantitative estimate of drug-likeness (QED) is 0.846. The van der Waals surface area contributed by atoms with Gasteiger partial charge in [0.05, 0.1) is 17.2 Å². The van der Waals surface area contributed by atoms with E-state index in [9.17, 15) is 0 Å². The number of hydrogen-bond acceptors (Lipinski definition) is 2. The number of rotatable bonds is 1. The SMILES string of the molecule is c1cc2nc(C34CC5CC(CC(C5)C3)C4)ncc2[nH]1. The lowest BCUT2D eigenvalue weighted by Gasteiger charge is -2.55. The summed E-state index contributed by atoms with van der Waals surface area (Å²) in [6.45, 7) is 0. The number of aromatic amines is 1. The number of fused-ring (bicyclic) bond motifs is 1. The normalized spacial score (nSPS) is 40.1. The largest absolute Gasteiger partial charge is 0.359 e. The molecule has 4 aliphatic carbocycles. The average molecular weight is 253 g/mol. The summed E-state index contributed by atoms with van der Waals surface area (Å²) in [5.74, 6) is 4.00. The summed E-state index contributed by atoms with van der Waals surface area (Å²) in [5.41, 5.74) is 2.47. The lowest BCUT2D eigenvalue weighted by Crippen LogP contribution is -2.49. The Morgan fingerprint density at radius 1 is 1.05 bits per heavy atom. The van der Waals surface area contributed by atoms with Crippen LogP contribution in [0.3, 0.4) is 0 Å². The highest BCUT2D eigenvalue weighted by atomic mass is 14.9. The van der Waals surface area contributed by atoms with Gasteiger partial charge in [-0.25, -0.2) is 9.97 Å². The monoisotopic (exact) mass is 253 g/mol. The molecule has 4 saturated carbocycles. The number of H-pyrrole nitrogens is 1. The maximum atomic E-state index is 4.88. The van der Waals surface area contributed by atoms with Crippen molar-refractivity contribution in [2.24, 2.45) is 17.8 Å². The summed E-state index contributed by atoms with van der Waals surface area (Å²) >= 11 is 0. The average Bonchev–Trinajstić information content (AvgIpc) is 2.84. The zero-order valence-corrected chi connectivity index (χ0v) is 11.1. The molecule has 4 bridgehead atoms. The van der Waals surface area contributed by atoms with Crippen molar-refractivity contribution in [2.45, 2.75) is 43.9 Å². The fourth-order valence-corrected chi connectivity index (χ4v) is 5.48. The number of nitrogens with one attached hydrogen (secondary N) is 1. The molecule has 2 aromatic rings. The third-order valence-electron chi connectivity index (χ3n) is 5.81. The Hall–Kier alpha value is -1.38. The van der Waals surface area contributed by atoms with Gasteiger partial charge < -0.3 is 4.98 Å². The Bertz CT molecular complexity index is 607. The summed E-state index contributed by atoms with van der Waals surface area (Å²) in [6.07, 6.45) is 12.4. The van der Waals surface area contributed by atoms with Crippen LogP contribution in [0, 0.1) is 17.8 Å². The highest BCUT2D eigenvalue weighted by Crippen LogP contribution is 2.60. The van der Waals surface area contributed by atoms with Crippen molar-refractivity contribution in [1.29, 1.82) is 0 Å². The minimum atomic E-state index is 0.320. The van der Waals surface area contributed by atoms with Gasteiger partial charge in [-0.3, -0.25) is 0 Å². The predicted octanol–water partition coefficient (Wildman–Crippen LogP) is 3.43. The molecule has 2 aromatic heterocycles. The molecule has 1 N–H and O–H groups in total. The van der Waals surface area contributed by atoms with Crippen LogP contribution in [0.15, 0.2) is 18.5 Å². The van der Waals surface area contributed by atoms with Crippen LogP contribution >= 0.6 is 0 Å². The van der Waals surface area contributed by atoms with Crippen molar-refractivity contribution in [1.82, 2.24) is 15.0 Å². The van der Waals surface area contributed by atoms with Gasteiger partial charge in [0.1, 0.15) is 5.82 Å². The molecule has 19 heavy (non-hydrogen) atoms. The molecule has 6 rings (SSSR count). The predicted molar refractivity (Wildman–Crippen MR) is 73.7 cm³/mol. The molecule has 0 aliphatic heterocycles. The Morgan fingerprint density at radius 2 is 1.74 bits per heavy atom. The van der Waals surface area contributed by atoms with Crippen molar-refractivity contribution >= 4 is 11.0 Å². The zero-order valence-electron chi connectivity index (χ0n) is 11.1. The van der Waals surface area contributed by atoms with Crippen LogP contribution in [0.25, 0.3) is 11.0 Å². The summed E-state index contributed by atoms with van der Waals surface area (Å²) < 4.78 is 0. The van der Waals surface area contributed by atoms with E-state index in [1.54, 1.807) is 0 Å². The molecule has 0 amide bonds. The molecule has 0 spiro atoms. The van der Waals surface area contributed by atoms with E-state index >= 15 is 0 Å². The van der Waals surface area contributed by atoms with Crippen molar-refractivity contribution in [3.05, 3.63) is 24.3 Å². The van der Waals surface area contributed by atoms with Crippen LogP contribution in [0.5, 0.6) is 0 Å². The van der Waals surface area contributed by atoms with Crippen LogP contribution in [0.4, 0.5) is 0 Å². The summed E-state index contributed by atoms with van der Waals surface area (Å²) in [6, 6.07) is 2.07. The summed E-state index contributed by atoms with van der Waals surface area (Å²) in [7, 11) is 0. The topological polar surface area (TPSA) is 41.6 Å². The van der Waals surface area contributed by atoms with Crippen LogP contribution < -0.4 is 0 Å². The molecular formula is C16H19N3. The maximum Gasteiger partial charge on any atom is 0.135 e. The van der Waals surface area contributed by atoms with E-state index < -0.39 is 0 Å². The van der Waals surface area contributed by atoms with E-state index in [1.165, 1.54) is 38.5 Å². The van der Waals surface area contributed by atoms with E-state index in [0.29, 0.717) is 5.41 Å². The Morgan fingerprint density at radius 3 is 2.42 bits per heavy atom. The zero-order chi connectivity index (χ0) is 12.4. The van der Waals surface area contributed by atoms with Gasteiger partial charge in [0.2, 0.25) is 0 Å². The van der Waals surface area contributed by atoms with Crippen LogP contribution in [-0.2, 0) is 5.41 Å². The second-order valence-electron chi connectivity index (χ2n) is 7.17. The summed E-state index contributed by atoms with van der Waals surface area (Å²) in [5, 5.41) is 0. The van der Waals surface area contributed by atoms with E-state index in [2.05, 4.69) is 11.1 Å². The molecule has 3 nitrogen and oxygen atoms in total. The molecule has 4 fully saturated rings. The first kappa shape index (κ1) is 10.4. The fraction of sp³-hybridized carbons (Fsp3) is 0.625. The van der Waals surface area contributed by atoms with Crippen molar-refractivity contribution in [2.75, 3.05) is 0 Å². The standard InChI is InChI=1S/C16H19N3/c1-2-17-14-9-18-15(19-13(1)14)16-6-10-3-11(7-16)5-12(4-10)8-16/h1-2,9-12,17H,3-8H2. The highest BCUT2D eigenvalue weighted by Gasteiger charge is 2.53. The van der Waals surface area contributed by atoms with Crippen molar-refractivity contribution in [3.63, 3.8) is 0 Å². The highest BCUT2D eigenvalue weighted by molar-refractivity contribution is 5.73. The van der Waals surface area contributed by atoms with E-state index in [1.807, 2.05) is 12.4 Å². The van der Waals surface area contributed by atoms with Gasteiger partial charge >= 0.3 is 0 Å². The van der Waals surface area contributed by atoms with Crippen molar-refractivity contribution < 1.29 is 0 Å². The smallest absolute Gasteiger partial charge is 0.135 e. The Kier molecular flexibility index (Phi) is 1.85. The first-order chi connectivity index (χ1) is 9.31. The minimum Gasteiger partial charge on any atom is -0.359 e. The number of hydrogen-bond donors (Lipinski definition) is 1. The van der Waals surface area contributed by atoms with Gasteiger partial charge in [-0.15, -0.1) is 0 Å². The van der Waals surface area contributed by atoms with Gasteiger partial charge in [-0.1, -0.05) is 0 Å². The van der Waals surface area contributed by atoms with Gasteiger partial charge in [-0.2, -0.15) is 0 Å². The minimum absolute atomic E-state index is 0.320. The molecule has 0 atom stereocenters. The molecule has 4 aliphatic rings. The molecule has 2 heterocycles. The van der Waals surface area contributed by atoms with E-state index in [-0.39, 0.29) is 0 Å². The van der Waals surface area contributed by atoms with Gasteiger partial charge in [0, 0.05) is 11.6 Å². The van der Waals surface area contributed by atoms with Gasteiger partial charge in [-0.05, 0) is 62.3 Å². The number of nitrogens with zero attached hydrogens (tertiary/aromatic N) is 2. The van der Waals surface area contributed by atoms with E-state index in [4.69, 9.17) is 9.97 Å². The van der Waals surface area contributed by atoms with E-state index in [0.717, 1.165) is 34.6 Å². The molecule has 98 valence electrons. The number of aromatic nitrogens is 3. The molecule has 0 aromatic carbocycles. The molecular weight excluding hydrogens is 234 g/mol. The molecule has 0 unspecified atom stereocenters. The Balaban J connectivity index is 1.64. The first-order valence-electron chi connectivity index (χ1n) is 7.61. The fourth-order valence-electron chi connectivity index (χ4n) is 5.48. The van der Waals surface area contributed by atoms with Gasteiger partial charge in [0.15, 0.2) is 0 Å². The second kappa shape index (κ2) is 3.38. The lowest BCUT2D eigenvalue weighted by molar-refractivity contribution is -0.00923. The Labute approximate surface area is 112 Å². The third kappa shape index (κ3) is 1.39. The van der Waals surface area contributed by atoms with Crippen LogP contribution in [0.2, 0.25) is 0 Å². The summed E-state index contributed by atoms with van der Waals surface area (Å²) in [4.78, 5) is 12.8. The van der Waals surface area contributed by atoms with Crippen LogP contribution in [-0.4, -0.2) is 15.0 Å². The van der Waals surface area contributed by atoms with Crippen molar-refractivity contribution in [3.8, 4) is 0 Å². The van der Waals surface area contributed by atoms with Crippen LogP contribution in [0.1, 0.15) is 44.3 Å². The van der Waals surface area contributed by atoms with Gasteiger partial charge in [0.25, 0.3) is 0 Å². The first-order valence-corrected chi connectivity index (χ1v) is 7.61. The maximum absolute atomic E-state index is 4.88. The molecule has 0 saturated heterocycles.